The van der Waals surface area contributed by atoms with E-state index >= 15 is 0 Å². The van der Waals surface area contributed by atoms with E-state index in [0.29, 0.717) is 6.54 Å². The van der Waals surface area contributed by atoms with Gasteiger partial charge in [0.05, 0.1) is 12.6 Å². The summed E-state index contributed by atoms with van der Waals surface area (Å²) in [5, 5.41) is 3.36. The number of hydrogen-bond donors (Lipinski definition) is 1. The summed E-state index contributed by atoms with van der Waals surface area (Å²) >= 11 is 0. The molecule has 0 aromatic heterocycles. The number of allylic oxidation sites excluding steroid dienone is 1. The Balaban J connectivity index is 4.53. The van der Waals surface area contributed by atoms with Gasteiger partial charge in [0.2, 0.25) is 0 Å². The first-order valence-corrected chi connectivity index (χ1v) is 8.41. The van der Waals surface area contributed by atoms with Gasteiger partial charge in [-0.05, 0) is 47.2 Å². The molecule has 5 nitrogen and oxygen atoms in total. The van der Waals surface area contributed by atoms with Gasteiger partial charge in [0.1, 0.15) is 0 Å². The van der Waals surface area contributed by atoms with E-state index in [1.807, 2.05) is 13.0 Å². The van der Waals surface area contributed by atoms with Crippen molar-refractivity contribution < 1.29 is 4.74 Å². The molecule has 0 saturated carbocycles. The summed E-state index contributed by atoms with van der Waals surface area (Å²) < 4.78 is 5.81. The average molecular weight is 313 g/mol. The van der Waals surface area contributed by atoms with Gasteiger partial charge in [-0.15, -0.1) is 6.58 Å². The third-order valence-electron chi connectivity index (χ3n) is 3.34. The molecule has 1 N–H and O–H groups in total. The van der Waals surface area contributed by atoms with Crippen LogP contribution in [0.15, 0.2) is 17.6 Å². The fraction of sp³-hybridized carbons (Fsp3) is 0.824. The van der Waals surface area contributed by atoms with Gasteiger partial charge in [-0.2, -0.15) is 0 Å². The number of aliphatic imine (C=N–C) groups is 1. The molecule has 0 spiro atoms. The minimum absolute atomic E-state index is 0.183. The number of rotatable bonds is 12. The van der Waals surface area contributed by atoms with Crippen LogP contribution < -0.4 is 5.32 Å². The van der Waals surface area contributed by atoms with E-state index < -0.39 is 0 Å². The second-order valence-electron chi connectivity index (χ2n) is 5.72. The first-order chi connectivity index (χ1) is 10.5. The van der Waals surface area contributed by atoms with Crippen LogP contribution in [0, 0.1) is 0 Å². The number of ether oxygens (including phenoxy) is 1. The number of nitrogens with one attached hydrogen (secondary N) is 1. The number of hydrogen-bond acceptors (Lipinski definition) is 3. The highest BCUT2D eigenvalue weighted by molar-refractivity contribution is 5.79. The van der Waals surface area contributed by atoms with Crippen LogP contribution in [0.25, 0.3) is 0 Å². The Kier molecular flexibility index (Phi) is 12.9. The molecule has 0 radical (unpaired) electrons. The summed E-state index contributed by atoms with van der Waals surface area (Å²) in [4.78, 5) is 9.12. The van der Waals surface area contributed by atoms with Crippen molar-refractivity contribution in [3.63, 3.8) is 0 Å². The molecule has 0 aromatic carbocycles. The predicted octanol–water partition coefficient (Wildman–Crippen LogP) is 2.21. The van der Waals surface area contributed by atoms with Crippen LogP contribution in [-0.2, 0) is 4.74 Å². The van der Waals surface area contributed by atoms with Crippen LogP contribution in [0.5, 0.6) is 0 Å². The summed E-state index contributed by atoms with van der Waals surface area (Å²) in [7, 11) is 6.26. The molecular formula is C17H36N4O. The summed E-state index contributed by atoms with van der Waals surface area (Å²) in [6.07, 6.45) is 5.28. The summed E-state index contributed by atoms with van der Waals surface area (Å²) in [6.45, 7) is 12.2. The van der Waals surface area contributed by atoms with E-state index in [-0.39, 0.29) is 6.10 Å². The Hall–Kier alpha value is -1.07. The molecule has 0 aliphatic carbocycles. The number of unbranched alkanes of at least 4 members (excludes halogenated alkanes) is 1. The van der Waals surface area contributed by atoms with E-state index in [1.165, 1.54) is 0 Å². The number of guanidine groups is 1. The predicted molar refractivity (Wildman–Crippen MR) is 96.6 cm³/mol. The highest BCUT2D eigenvalue weighted by Crippen LogP contribution is 2.02. The number of nitrogens with zero attached hydrogens (tertiary/aromatic N) is 3. The molecule has 0 aromatic rings. The van der Waals surface area contributed by atoms with Gasteiger partial charge in [0.15, 0.2) is 5.96 Å². The second kappa shape index (κ2) is 13.6. The first kappa shape index (κ1) is 20.9. The van der Waals surface area contributed by atoms with Crippen LogP contribution in [0.2, 0.25) is 0 Å². The van der Waals surface area contributed by atoms with Crippen molar-refractivity contribution in [1.29, 1.82) is 0 Å². The average Bonchev–Trinajstić information content (AvgIpc) is 2.48. The zero-order chi connectivity index (χ0) is 16.8. The largest absolute Gasteiger partial charge is 0.377 e. The standard InChI is InChI=1S/C17H36N4O/c1-7-10-11-13-21(6)17(18-8-2)19-15-16(22-9-3)12-14-20(4)5/h7,16H,1,8-15H2,2-6H3,(H,18,19). The molecule has 0 heterocycles. The maximum absolute atomic E-state index is 5.81. The van der Waals surface area contributed by atoms with Gasteiger partial charge in [-0.25, -0.2) is 0 Å². The van der Waals surface area contributed by atoms with Crippen molar-refractivity contribution in [2.45, 2.75) is 39.2 Å². The molecule has 0 aliphatic heterocycles. The van der Waals surface area contributed by atoms with Gasteiger partial charge in [0, 0.05) is 33.3 Å². The van der Waals surface area contributed by atoms with Gasteiger partial charge in [-0.3, -0.25) is 4.99 Å². The highest BCUT2D eigenvalue weighted by Gasteiger charge is 2.11. The zero-order valence-corrected chi connectivity index (χ0v) is 15.3. The van der Waals surface area contributed by atoms with E-state index in [0.717, 1.165) is 51.5 Å². The summed E-state index contributed by atoms with van der Waals surface area (Å²) in [5.74, 6) is 0.959. The Labute approximate surface area is 137 Å². The Bertz CT molecular complexity index is 305. The minimum atomic E-state index is 0.183. The monoisotopic (exact) mass is 312 g/mol. The molecule has 0 bridgehead atoms. The van der Waals surface area contributed by atoms with Crippen LogP contribution in [0.3, 0.4) is 0 Å². The van der Waals surface area contributed by atoms with Crippen molar-refractivity contribution in [3.05, 3.63) is 12.7 Å². The third kappa shape index (κ3) is 10.6. The summed E-state index contributed by atoms with van der Waals surface area (Å²) in [6, 6.07) is 0. The Morgan fingerprint density at radius 3 is 2.55 bits per heavy atom. The lowest BCUT2D eigenvalue weighted by Gasteiger charge is -2.23. The van der Waals surface area contributed by atoms with Gasteiger partial charge < -0.3 is 19.9 Å². The fourth-order valence-corrected chi connectivity index (χ4v) is 2.10. The molecule has 22 heavy (non-hydrogen) atoms. The fourth-order valence-electron chi connectivity index (χ4n) is 2.10. The van der Waals surface area contributed by atoms with Crippen LogP contribution in [0.4, 0.5) is 0 Å². The molecule has 1 unspecified atom stereocenters. The molecule has 0 aliphatic rings. The molecule has 0 saturated heterocycles. The zero-order valence-electron chi connectivity index (χ0n) is 15.3. The maximum atomic E-state index is 5.81. The summed E-state index contributed by atoms with van der Waals surface area (Å²) in [5.41, 5.74) is 0. The molecule has 5 heteroatoms. The SMILES string of the molecule is C=CCCCN(C)C(=NCC(CCN(C)C)OCC)NCC. The van der Waals surface area contributed by atoms with Crippen LogP contribution >= 0.6 is 0 Å². The van der Waals surface area contributed by atoms with Crippen LogP contribution in [-0.4, -0.2) is 75.8 Å². The van der Waals surface area contributed by atoms with Crippen molar-refractivity contribution in [2.24, 2.45) is 4.99 Å². The highest BCUT2D eigenvalue weighted by atomic mass is 16.5. The van der Waals surface area contributed by atoms with Crippen molar-refractivity contribution >= 4 is 5.96 Å². The molecule has 0 fully saturated rings. The van der Waals surface area contributed by atoms with Crippen molar-refractivity contribution in [1.82, 2.24) is 15.1 Å². The second-order valence-corrected chi connectivity index (χ2v) is 5.72. The van der Waals surface area contributed by atoms with E-state index in [4.69, 9.17) is 9.73 Å². The quantitative estimate of drug-likeness (QED) is 0.260. The molecular weight excluding hydrogens is 276 g/mol. The molecule has 130 valence electrons. The lowest BCUT2D eigenvalue weighted by Crippen LogP contribution is -2.40. The minimum Gasteiger partial charge on any atom is -0.377 e. The van der Waals surface area contributed by atoms with Gasteiger partial charge in [0.25, 0.3) is 0 Å². The first-order valence-electron chi connectivity index (χ1n) is 8.41. The Morgan fingerprint density at radius 1 is 1.27 bits per heavy atom. The Morgan fingerprint density at radius 2 is 2.00 bits per heavy atom. The van der Waals surface area contributed by atoms with Gasteiger partial charge in [-0.1, -0.05) is 6.08 Å². The smallest absolute Gasteiger partial charge is 0.193 e. The van der Waals surface area contributed by atoms with Crippen LogP contribution in [0.1, 0.15) is 33.1 Å². The van der Waals surface area contributed by atoms with Gasteiger partial charge >= 0.3 is 0 Å². The van der Waals surface area contributed by atoms with Crippen molar-refractivity contribution in [2.75, 3.05) is 53.9 Å². The lowest BCUT2D eigenvalue weighted by atomic mass is 10.2. The molecule has 1 atom stereocenters. The van der Waals surface area contributed by atoms with Crippen molar-refractivity contribution in [3.8, 4) is 0 Å². The van der Waals surface area contributed by atoms with E-state index in [1.54, 1.807) is 0 Å². The van der Waals surface area contributed by atoms with E-state index in [9.17, 15) is 0 Å². The molecule has 0 rings (SSSR count). The normalized spacial score (nSPS) is 13.3. The molecule has 0 amide bonds. The topological polar surface area (TPSA) is 40.1 Å². The lowest BCUT2D eigenvalue weighted by molar-refractivity contribution is 0.0581. The third-order valence-corrected chi connectivity index (χ3v) is 3.34. The maximum Gasteiger partial charge on any atom is 0.193 e. The van der Waals surface area contributed by atoms with E-state index in [2.05, 4.69) is 49.8 Å².